The normalized spacial score (nSPS) is 16.8. The molecule has 0 spiro atoms. The van der Waals surface area contributed by atoms with E-state index in [4.69, 9.17) is 26.6 Å². The molecule has 5 rings (SSSR count). The number of para-hydroxylation sites is 2. The molecular formula is C22H23ClN6. The third kappa shape index (κ3) is 3.90. The number of rotatable bonds is 5. The number of benzene rings is 1. The molecular weight excluding hydrogens is 384 g/mol. The molecule has 148 valence electrons. The maximum atomic E-state index is 6.27. The maximum absolute atomic E-state index is 6.27. The van der Waals surface area contributed by atoms with Crippen molar-refractivity contribution >= 4 is 46.4 Å². The van der Waals surface area contributed by atoms with Crippen molar-refractivity contribution in [3.8, 4) is 0 Å². The Morgan fingerprint density at radius 1 is 1.00 bits per heavy atom. The Balaban J connectivity index is 1.52. The lowest BCUT2D eigenvalue weighted by molar-refractivity contribution is 0.889. The van der Waals surface area contributed by atoms with Gasteiger partial charge in [-0.1, -0.05) is 23.7 Å². The van der Waals surface area contributed by atoms with Crippen LogP contribution in [0.3, 0.4) is 0 Å². The molecule has 1 aromatic carbocycles. The second kappa shape index (κ2) is 7.59. The number of hydrogen-bond acceptors (Lipinski definition) is 6. The summed E-state index contributed by atoms with van der Waals surface area (Å²) in [4.78, 5) is 23.3. The second-order valence-electron chi connectivity index (χ2n) is 7.70. The van der Waals surface area contributed by atoms with E-state index in [-0.39, 0.29) is 0 Å². The summed E-state index contributed by atoms with van der Waals surface area (Å²) in [5, 5.41) is 0.460. The molecule has 7 heteroatoms. The molecule has 6 nitrogen and oxygen atoms in total. The van der Waals surface area contributed by atoms with Crippen molar-refractivity contribution in [2.24, 2.45) is 0 Å². The summed E-state index contributed by atoms with van der Waals surface area (Å²) in [5.41, 5.74) is 2.61. The van der Waals surface area contributed by atoms with E-state index in [1.165, 1.54) is 25.7 Å². The van der Waals surface area contributed by atoms with E-state index in [1.54, 1.807) is 0 Å². The highest BCUT2D eigenvalue weighted by Crippen LogP contribution is 2.32. The van der Waals surface area contributed by atoms with Crippen molar-refractivity contribution in [3.05, 3.63) is 47.0 Å². The van der Waals surface area contributed by atoms with E-state index >= 15 is 0 Å². The molecule has 0 unspecified atom stereocenters. The molecule has 1 saturated heterocycles. The first kappa shape index (κ1) is 18.3. The summed E-state index contributed by atoms with van der Waals surface area (Å²) in [6.07, 6.45) is 8.61. The summed E-state index contributed by atoms with van der Waals surface area (Å²) in [7, 11) is 2.09. The van der Waals surface area contributed by atoms with E-state index in [9.17, 15) is 0 Å². The van der Waals surface area contributed by atoms with E-state index < -0.39 is 0 Å². The van der Waals surface area contributed by atoms with Crippen LogP contribution in [-0.2, 0) is 0 Å². The van der Waals surface area contributed by atoms with Gasteiger partial charge >= 0.3 is 0 Å². The molecule has 0 atom stereocenters. The van der Waals surface area contributed by atoms with Crippen LogP contribution in [0.1, 0.15) is 37.2 Å². The Morgan fingerprint density at radius 2 is 1.72 bits per heavy atom. The summed E-state index contributed by atoms with van der Waals surface area (Å²) >= 11 is 6.27. The molecule has 0 radical (unpaired) electrons. The fourth-order valence-corrected chi connectivity index (χ4v) is 3.95. The van der Waals surface area contributed by atoms with Crippen molar-refractivity contribution in [1.29, 1.82) is 0 Å². The number of nitrogens with zero attached hydrogens (tertiary/aromatic N) is 6. The monoisotopic (exact) mass is 406 g/mol. The SMILES string of the molecule is CN(c1nc2ccccc2nc1C=Cc1nc(Cl)cc(N2CCCC2)n1)C1CC1. The maximum Gasteiger partial charge on any atom is 0.156 e. The lowest BCUT2D eigenvalue weighted by Gasteiger charge is -2.19. The van der Waals surface area contributed by atoms with Crippen LogP contribution in [0.15, 0.2) is 30.3 Å². The topological polar surface area (TPSA) is 58.0 Å². The molecule has 3 heterocycles. The highest BCUT2D eigenvalue weighted by molar-refractivity contribution is 6.29. The molecule has 1 saturated carbocycles. The van der Waals surface area contributed by atoms with E-state index in [0.29, 0.717) is 17.0 Å². The zero-order chi connectivity index (χ0) is 19.8. The van der Waals surface area contributed by atoms with Crippen LogP contribution in [-0.4, -0.2) is 46.1 Å². The van der Waals surface area contributed by atoms with Crippen LogP contribution in [0.25, 0.3) is 23.2 Å². The first-order chi connectivity index (χ1) is 14.2. The van der Waals surface area contributed by atoms with Gasteiger partial charge in [0.05, 0.1) is 11.0 Å². The minimum Gasteiger partial charge on any atom is -0.356 e. The van der Waals surface area contributed by atoms with Crippen molar-refractivity contribution in [2.75, 3.05) is 29.9 Å². The first-order valence-corrected chi connectivity index (χ1v) is 10.5. The van der Waals surface area contributed by atoms with E-state index in [1.807, 2.05) is 42.5 Å². The standard InChI is InChI=1S/C22H23ClN6/c1-28(15-8-9-15)22-18(24-16-6-2-3-7-17(16)25-22)10-11-20-26-19(23)14-21(27-20)29-12-4-5-13-29/h2-3,6-7,10-11,14-15H,4-5,8-9,12-13H2,1H3. The third-order valence-electron chi connectivity index (χ3n) is 5.53. The molecule has 0 bridgehead atoms. The van der Waals surface area contributed by atoms with E-state index in [0.717, 1.165) is 41.5 Å². The Bertz CT molecular complexity index is 1070. The van der Waals surface area contributed by atoms with Gasteiger partial charge in [0.1, 0.15) is 16.7 Å². The van der Waals surface area contributed by atoms with Gasteiger partial charge in [-0.25, -0.2) is 19.9 Å². The summed E-state index contributed by atoms with van der Waals surface area (Å²) in [5.74, 6) is 2.38. The highest BCUT2D eigenvalue weighted by Gasteiger charge is 2.28. The van der Waals surface area contributed by atoms with Gasteiger partial charge in [-0.2, -0.15) is 0 Å². The predicted octanol–water partition coefficient (Wildman–Crippen LogP) is 4.44. The molecule has 0 N–H and O–H groups in total. The Labute approximate surface area is 175 Å². The van der Waals surface area contributed by atoms with Crippen LogP contribution >= 0.6 is 11.6 Å². The zero-order valence-corrected chi connectivity index (χ0v) is 17.2. The second-order valence-corrected chi connectivity index (χ2v) is 8.09. The van der Waals surface area contributed by atoms with Gasteiger partial charge in [-0.05, 0) is 50.0 Å². The number of fused-ring (bicyclic) bond motifs is 1. The molecule has 1 aliphatic carbocycles. The quantitative estimate of drug-likeness (QED) is 0.584. The number of aromatic nitrogens is 4. The largest absolute Gasteiger partial charge is 0.356 e. The van der Waals surface area contributed by atoms with Crippen LogP contribution in [0.4, 0.5) is 11.6 Å². The smallest absolute Gasteiger partial charge is 0.156 e. The Hall–Kier alpha value is -2.73. The molecule has 2 fully saturated rings. The van der Waals surface area contributed by atoms with Crippen LogP contribution < -0.4 is 9.80 Å². The average molecular weight is 407 g/mol. The Kier molecular flexibility index (Phi) is 4.79. The number of halogens is 1. The highest BCUT2D eigenvalue weighted by atomic mass is 35.5. The van der Waals surface area contributed by atoms with Gasteiger partial charge in [0.25, 0.3) is 0 Å². The fraction of sp³-hybridized carbons (Fsp3) is 0.364. The third-order valence-corrected chi connectivity index (χ3v) is 5.72. The van der Waals surface area contributed by atoms with E-state index in [2.05, 4.69) is 21.8 Å². The number of hydrogen-bond donors (Lipinski definition) is 0. The van der Waals surface area contributed by atoms with Gasteiger partial charge in [0.2, 0.25) is 0 Å². The molecule has 0 amide bonds. The van der Waals surface area contributed by atoms with Crippen LogP contribution in [0.5, 0.6) is 0 Å². The first-order valence-electron chi connectivity index (χ1n) is 10.1. The zero-order valence-electron chi connectivity index (χ0n) is 16.4. The molecule has 2 aliphatic rings. The van der Waals surface area contributed by atoms with Gasteiger partial charge in [0.15, 0.2) is 11.6 Å². The molecule has 2 aromatic heterocycles. The Morgan fingerprint density at radius 3 is 2.45 bits per heavy atom. The lowest BCUT2D eigenvalue weighted by atomic mass is 10.2. The number of anilines is 2. The van der Waals surface area contributed by atoms with Crippen molar-refractivity contribution in [2.45, 2.75) is 31.7 Å². The van der Waals surface area contributed by atoms with Crippen LogP contribution in [0.2, 0.25) is 5.15 Å². The van der Waals surface area contributed by atoms with Crippen molar-refractivity contribution in [1.82, 2.24) is 19.9 Å². The molecule has 3 aromatic rings. The lowest BCUT2D eigenvalue weighted by Crippen LogP contribution is -2.22. The average Bonchev–Trinajstić information content (AvgIpc) is 3.44. The van der Waals surface area contributed by atoms with Gasteiger partial charge < -0.3 is 9.80 Å². The van der Waals surface area contributed by atoms with Crippen molar-refractivity contribution < 1.29 is 0 Å². The summed E-state index contributed by atoms with van der Waals surface area (Å²) in [6, 6.07) is 10.3. The minimum absolute atomic E-state index is 0.460. The summed E-state index contributed by atoms with van der Waals surface area (Å²) in [6.45, 7) is 2.03. The minimum atomic E-state index is 0.460. The molecule has 1 aliphatic heterocycles. The van der Waals surface area contributed by atoms with Crippen molar-refractivity contribution in [3.63, 3.8) is 0 Å². The fourth-order valence-electron chi connectivity index (χ4n) is 3.77. The van der Waals surface area contributed by atoms with Gasteiger partial charge in [0, 0.05) is 32.2 Å². The van der Waals surface area contributed by atoms with Crippen LogP contribution in [0, 0.1) is 0 Å². The summed E-state index contributed by atoms with van der Waals surface area (Å²) < 4.78 is 0. The van der Waals surface area contributed by atoms with Gasteiger partial charge in [-0.3, -0.25) is 0 Å². The van der Waals surface area contributed by atoms with Gasteiger partial charge in [-0.15, -0.1) is 0 Å². The molecule has 29 heavy (non-hydrogen) atoms. The predicted molar refractivity (Wildman–Crippen MR) is 118 cm³/mol.